The van der Waals surface area contributed by atoms with Gasteiger partial charge in [0.15, 0.2) is 0 Å². The quantitative estimate of drug-likeness (QED) is 0.838. The normalized spacial score (nSPS) is 18.0. The average molecular weight is 225 g/mol. The highest BCUT2D eigenvalue weighted by atomic mass is 35.5. The molecule has 1 N–H and O–H groups in total. The van der Waals surface area contributed by atoms with Crippen molar-refractivity contribution in [2.45, 2.75) is 31.7 Å². The van der Waals surface area contributed by atoms with Gasteiger partial charge < -0.3 is 5.32 Å². The summed E-state index contributed by atoms with van der Waals surface area (Å²) in [6.07, 6.45) is 6.33. The maximum absolute atomic E-state index is 11.8. The van der Waals surface area contributed by atoms with Gasteiger partial charge in [0.05, 0.1) is 10.6 Å². The molecule has 1 aliphatic carbocycles. The second kappa shape index (κ2) is 3.81. The van der Waals surface area contributed by atoms with Crippen LogP contribution < -0.4 is 5.32 Å². The number of aromatic nitrogens is 1. The lowest BCUT2D eigenvalue weighted by Crippen LogP contribution is -2.51. The van der Waals surface area contributed by atoms with Crippen molar-refractivity contribution in [3.63, 3.8) is 0 Å². The second-order valence-electron chi connectivity index (χ2n) is 4.22. The fourth-order valence-electron chi connectivity index (χ4n) is 1.72. The van der Waals surface area contributed by atoms with E-state index in [2.05, 4.69) is 17.2 Å². The van der Waals surface area contributed by atoms with Gasteiger partial charge in [0, 0.05) is 17.9 Å². The number of carbonyl (C=O) groups excluding carboxylic acids is 1. The summed E-state index contributed by atoms with van der Waals surface area (Å²) in [5.41, 5.74) is 0.406. The summed E-state index contributed by atoms with van der Waals surface area (Å²) in [7, 11) is 0. The molecule has 1 aliphatic rings. The highest BCUT2D eigenvalue weighted by Crippen LogP contribution is 2.31. The van der Waals surface area contributed by atoms with Crippen LogP contribution in [0.1, 0.15) is 36.5 Å². The van der Waals surface area contributed by atoms with Gasteiger partial charge in [-0.25, -0.2) is 0 Å². The Balaban J connectivity index is 2.11. The van der Waals surface area contributed by atoms with E-state index in [1.54, 1.807) is 12.3 Å². The highest BCUT2D eigenvalue weighted by molar-refractivity contribution is 6.33. The van der Waals surface area contributed by atoms with Crippen LogP contribution in [0, 0.1) is 0 Å². The van der Waals surface area contributed by atoms with E-state index in [9.17, 15) is 4.79 Å². The largest absolute Gasteiger partial charge is 0.347 e. The molecule has 0 aliphatic heterocycles. The molecule has 0 atom stereocenters. The summed E-state index contributed by atoms with van der Waals surface area (Å²) in [5, 5.41) is 3.44. The van der Waals surface area contributed by atoms with Crippen molar-refractivity contribution >= 4 is 17.5 Å². The second-order valence-corrected chi connectivity index (χ2v) is 4.63. The summed E-state index contributed by atoms with van der Waals surface area (Å²) >= 11 is 5.91. The number of rotatable bonds is 2. The lowest BCUT2D eigenvalue weighted by atomic mass is 9.78. The van der Waals surface area contributed by atoms with Crippen molar-refractivity contribution in [2.24, 2.45) is 0 Å². The zero-order valence-corrected chi connectivity index (χ0v) is 9.34. The minimum atomic E-state index is -0.129. The smallest absolute Gasteiger partial charge is 0.254 e. The molecule has 1 amide bonds. The SMILES string of the molecule is CC1(NC(=O)c2cnccc2Cl)CCC1. The third-order valence-electron chi connectivity index (χ3n) is 2.88. The Labute approximate surface area is 93.8 Å². The van der Waals surface area contributed by atoms with Crippen LogP contribution in [0.3, 0.4) is 0 Å². The molecule has 0 spiro atoms. The van der Waals surface area contributed by atoms with Crippen LogP contribution in [-0.2, 0) is 0 Å². The molecule has 1 fully saturated rings. The van der Waals surface area contributed by atoms with E-state index < -0.39 is 0 Å². The maximum Gasteiger partial charge on any atom is 0.254 e. The molecule has 0 unspecified atom stereocenters. The molecule has 0 bridgehead atoms. The molecule has 1 heterocycles. The lowest BCUT2D eigenvalue weighted by molar-refractivity contribution is 0.0850. The van der Waals surface area contributed by atoms with Gasteiger partial charge in [-0.1, -0.05) is 11.6 Å². The Bertz CT molecular complexity index is 388. The summed E-state index contributed by atoms with van der Waals surface area (Å²) in [6, 6.07) is 1.62. The third kappa shape index (κ3) is 2.12. The first-order valence-electron chi connectivity index (χ1n) is 5.03. The van der Waals surface area contributed by atoms with Crippen LogP contribution >= 0.6 is 11.6 Å². The number of hydrogen-bond donors (Lipinski definition) is 1. The predicted molar refractivity (Wildman–Crippen MR) is 59.0 cm³/mol. The first-order valence-corrected chi connectivity index (χ1v) is 5.41. The highest BCUT2D eigenvalue weighted by Gasteiger charge is 2.33. The minimum Gasteiger partial charge on any atom is -0.347 e. The Hall–Kier alpha value is -1.09. The molecule has 1 aromatic heterocycles. The summed E-state index contributed by atoms with van der Waals surface area (Å²) in [6.45, 7) is 2.05. The fraction of sp³-hybridized carbons (Fsp3) is 0.455. The monoisotopic (exact) mass is 224 g/mol. The Kier molecular flexibility index (Phi) is 2.65. The molecule has 15 heavy (non-hydrogen) atoms. The molecule has 4 heteroatoms. The number of halogens is 1. The first-order chi connectivity index (χ1) is 7.11. The van der Waals surface area contributed by atoms with Crippen LogP contribution in [-0.4, -0.2) is 16.4 Å². The first kappa shape index (κ1) is 10.4. The third-order valence-corrected chi connectivity index (χ3v) is 3.21. The zero-order chi connectivity index (χ0) is 10.9. The molecular formula is C11H13ClN2O. The van der Waals surface area contributed by atoms with E-state index in [0.717, 1.165) is 12.8 Å². The van der Waals surface area contributed by atoms with Crippen LogP contribution in [0.25, 0.3) is 0 Å². The van der Waals surface area contributed by atoms with Gasteiger partial charge in [0.1, 0.15) is 0 Å². The van der Waals surface area contributed by atoms with Crippen molar-refractivity contribution in [2.75, 3.05) is 0 Å². The molecule has 1 saturated carbocycles. The molecule has 0 radical (unpaired) electrons. The topological polar surface area (TPSA) is 42.0 Å². The van der Waals surface area contributed by atoms with Crippen molar-refractivity contribution in [1.82, 2.24) is 10.3 Å². The van der Waals surface area contributed by atoms with E-state index in [4.69, 9.17) is 11.6 Å². The Morgan fingerprint density at radius 1 is 1.60 bits per heavy atom. The molecule has 3 nitrogen and oxygen atoms in total. The van der Waals surface area contributed by atoms with Crippen LogP contribution in [0.15, 0.2) is 18.5 Å². The van der Waals surface area contributed by atoms with Crippen molar-refractivity contribution in [3.8, 4) is 0 Å². The number of amides is 1. The van der Waals surface area contributed by atoms with Gasteiger partial charge >= 0.3 is 0 Å². The van der Waals surface area contributed by atoms with E-state index in [-0.39, 0.29) is 11.4 Å². The number of pyridine rings is 1. The maximum atomic E-state index is 11.8. The average Bonchev–Trinajstić information content (AvgIpc) is 2.16. The van der Waals surface area contributed by atoms with E-state index in [1.165, 1.54) is 12.6 Å². The van der Waals surface area contributed by atoms with Gasteiger partial charge in [0.25, 0.3) is 5.91 Å². The summed E-state index contributed by atoms with van der Waals surface area (Å²) < 4.78 is 0. The molecule has 0 aromatic carbocycles. The molecule has 1 aromatic rings. The van der Waals surface area contributed by atoms with E-state index in [0.29, 0.717) is 10.6 Å². The van der Waals surface area contributed by atoms with Crippen LogP contribution in [0.5, 0.6) is 0 Å². The molecule has 2 rings (SSSR count). The van der Waals surface area contributed by atoms with Gasteiger partial charge in [-0.05, 0) is 32.3 Å². The molecule has 0 saturated heterocycles. The Morgan fingerprint density at radius 3 is 2.87 bits per heavy atom. The number of nitrogens with zero attached hydrogens (tertiary/aromatic N) is 1. The summed E-state index contributed by atoms with van der Waals surface area (Å²) in [4.78, 5) is 15.7. The Morgan fingerprint density at radius 2 is 2.33 bits per heavy atom. The van der Waals surface area contributed by atoms with Crippen molar-refractivity contribution in [3.05, 3.63) is 29.0 Å². The van der Waals surface area contributed by atoms with Crippen molar-refractivity contribution in [1.29, 1.82) is 0 Å². The number of nitrogens with one attached hydrogen (secondary N) is 1. The summed E-state index contributed by atoms with van der Waals surface area (Å²) in [5.74, 6) is -0.129. The molecule has 80 valence electrons. The molecular weight excluding hydrogens is 212 g/mol. The lowest BCUT2D eigenvalue weighted by Gasteiger charge is -2.39. The fourth-order valence-corrected chi connectivity index (χ4v) is 1.91. The van der Waals surface area contributed by atoms with Gasteiger partial charge in [-0.3, -0.25) is 9.78 Å². The minimum absolute atomic E-state index is 0.0454. The van der Waals surface area contributed by atoms with Crippen LogP contribution in [0.2, 0.25) is 5.02 Å². The number of carbonyl (C=O) groups is 1. The van der Waals surface area contributed by atoms with Crippen molar-refractivity contribution < 1.29 is 4.79 Å². The predicted octanol–water partition coefficient (Wildman–Crippen LogP) is 2.41. The van der Waals surface area contributed by atoms with Gasteiger partial charge in [0.2, 0.25) is 0 Å². The van der Waals surface area contributed by atoms with Crippen LogP contribution in [0.4, 0.5) is 0 Å². The van der Waals surface area contributed by atoms with E-state index in [1.807, 2.05) is 0 Å². The zero-order valence-electron chi connectivity index (χ0n) is 8.59. The standard InChI is InChI=1S/C11H13ClN2O/c1-11(4-2-5-11)14-10(15)8-7-13-6-3-9(8)12/h3,6-7H,2,4-5H2,1H3,(H,14,15). The number of hydrogen-bond acceptors (Lipinski definition) is 2. The van der Waals surface area contributed by atoms with E-state index >= 15 is 0 Å². The van der Waals surface area contributed by atoms with Gasteiger partial charge in [-0.15, -0.1) is 0 Å². The van der Waals surface area contributed by atoms with Gasteiger partial charge in [-0.2, -0.15) is 0 Å².